The van der Waals surface area contributed by atoms with E-state index in [4.69, 9.17) is 24.5 Å². The summed E-state index contributed by atoms with van der Waals surface area (Å²) in [5.41, 5.74) is 0. The zero-order valence-electron chi connectivity index (χ0n) is 9.59. The lowest BCUT2D eigenvalue weighted by molar-refractivity contribution is -0.135. The minimum absolute atomic E-state index is 0.710. The van der Waals surface area contributed by atoms with Crippen molar-refractivity contribution >= 4 is 34.5 Å². The summed E-state index contributed by atoms with van der Waals surface area (Å²) in [6.07, 6.45) is 0. The van der Waals surface area contributed by atoms with Gasteiger partial charge in [0.15, 0.2) is 0 Å². The summed E-state index contributed by atoms with van der Waals surface area (Å²) in [7, 11) is 0. The highest BCUT2D eigenvalue weighted by molar-refractivity contribution is 14.1. The van der Waals surface area contributed by atoms with Gasteiger partial charge in [-0.3, -0.25) is 9.59 Å². The van der Waals surface area contributed by atoms with E-state index in [-0.39, 0.29) is 0 Å². The molecule has 96 valence electrons. The lowest BCUT2D eigenvalue weighted by Crippen LogP contribution is -1.85. The van der Waals surface area contributed by atoms with Gasteiger partial charge in [0.05, 0.1) is 0 Å². The lowest BCUT2D eigenvalue weighted by Gasteiger charge is -1.98. The van der Waals surface area contributed by atoms with Gasteiger partial charge in [-0.25, -0.2) is 0 Å². The molecule has 0 spiro atoms. The fourth-order valence-corrected chi connectivity index (χ4v) is 0.939. The lowest BCUT2D eigenvalue weighted by atomic mass is 10.3. The van der Waals surface area contributed by atoms with Crippen LogP contribution in [0.4, 0.5) is 0 Å². The molecule has 0 aliphatic carbocycles. The number of carboxylic acids is 2. The van der Waals surface area contributed by atoms with Gasteiger partial charge in [-0.1, -0.05) is 18.2 Å². The molecule has 0 saturated heterocycles. The molecule has 0 aliphatic rings. The number of alkyl halides is 1. The summed E-state index contributed by atoms with van der Waals surface area (Å²) >= 11 is 2.17. The van der Waals surface area contributed by atoms with E-state index in [1.165, 1.54) is 0 Å². The van der Waals surface area contributed by atoms with Gasteiger partial charge in [-0.2, -0.15) is 0 Å². The van der Waals surface area contributed by atoms with Gasteiger partial charge in [-0.15, -0.1) is 0 Å². The molecule has 1 aromatic rings. The van der Waals surface area contributed by atoms with Crippen LogP contribution in [0.25, 0.3) is 0 Å². The number of ether oxygens (including phenoxy) is 1. The van der Waals surface area contributed by atoms with Crippen molar-refractivity contribution in [3.63, 3.8) is 0 Å². The zero-order chi connectivity index (χ0) is 13.7. The van der Waals surface area contributed by atoms with Crippen molar-refractivity contribution in [3.05, 3.63) is 30.3 Å². The van der Waals surface area contributed by atoms with Crippen molar-refractivity contribution in [2.45, 2.75) is 13.8 Å². The largest absolute Gasteiger partial charge is 0.483 e. The number of rotatable bonds is 2. The van der Waals surface area contributed by atoms with Gasteiger partial charge in [0.25, 0.3) is 11.9 Å². The van der Waals surface area contributed by atoms with Crippen LogP contribution in [0.2, 0.25) is 0 Å². The van der Waals surface area contributed by atoms with Crippen molar-refractivity contribution < 1.29 is 24.5 Å². The minimum atomic E-state index is -0.833. The molecule has 0 atom stereocenters. The Morgan fingerprint density at radius 2 is 1.47 bits per heavy atom. The monoisotopic (exact) mass is 354 g/mol. The van der Waals surface area contributed by atoms with E-state index in [1.807, 2.05) is 30.3 Å². The quantitative estimate of drug-likeness (QED) is 0.630. The smallest absolute Gasteiger partial charge is 0.300 e. The maximum atomic E-state index is 9.00. The van der Waals surface area contributed by atoms with Gasteiger partial charge >= 0.3 is 0 Å². The van der Waals surface area contributed by atoms with Gasteiger partial charge in [0, 0.05) is 13.8 Å². The number of hydrogen-bond acceptors (Lipinski definition) is 3. The number of halogens is 1. The molecule has 0 heterocycles. The van der Waals surface area contributed by atoms with Crippen LogP contribution in [-0.4, -0.2) is 26.8 Å². The highest BCUT2D eigenvalue weighted by atomic mass is 127. The second kappa shape index (κ2) is 12.8. The molecule has 0 aliphatic heterocycles. The van der Waals surface area contributed by atoms with Crippen LogP contribution in [0.15, 0.2) is 30.3 Å². The van der Waals surface area contributed by atoms with Crippen molar-refractivity contribution in [1.29, 1.82) is 0 Å². The predicted molar refractivity (Wildman–Crippen MR) is 72.6 cm³/mol. The van der Waals surface area contributed by atoms with E-state index in [1.54, 1.807) is 0 Å². The summed E-state index contributed by atoms with van der Waals surface area (Å²) in [5, 5.41) is 14.8. The Morgan fingerprint density at radius 3 is 1.76 bits per heavy atom. The third-order valence-electron chi connectivity index (χ3n) is 0.964. The molecule has 0 amide bonds. The molecule has 17 heavy (non-hydrogen) atoms. The number of carbonyl (C=O) groups is 2. The normalized spacial score (nSPS) is 7.71. The average molecular weight is 354 g/mol. The van der Waals surface area contributed by atoms with E-state index in [9.17, 15) is 0 Å². The molecule has 2 N–H and O–H groups in total. The van der Waals surface area contributed by atoms with Crippen LogP contribution < -0.4 is 4.74 Å². The molecule has 6 heteroatoms. The third kappa shape index (κ3) is 25.2. The van der Waals surface area contributed by atoms with Crippen LogP contribution in [0.1, 0.15) is 13.8 Å². The van der Waals surface area contributed by atoms with Gasteiger partial charge in [0.1, 0.15) is 10.4 Å². The first-order valence-electron chi connectivity index (χ1n) is 4.53. The zero-order valence-corrected chi connectivity index (χ0v) is 11.7. The molecule has 1 aromatic carbocycles. The summed E-state index contributed by atoms with van der Waals surface area (Å²) in [4.78, 5) is 18.0. The van der Waals surface area contributed by atoms with Crippen LogP contribution in [0.3, 0.4) is 0 Å². The Balaban J connectivity index is 0. The third-order valence-corrected chi connectivity index (χ3v) is 1.28. The van der Waals surface area contributed by atoms with Crippen LogP contribution in [0, 0.1) is 0 Å². The van der Waals surface area contributed by atoms with Gasteiger partial charge in [0.2, 0.25) is 0 Å². The van der Waals surface area contributed by atoms with Crippen LogP contribution in [0.5, 0.6) is 5.75 Å². The topological polar surface area (TPSA) is 83.8 Å². The molecule has 0 bridgehead atoms. The Kier molecular flexibility index (Phi) is 13.6. The van der Waals surface area contributed by atoms with Crippen molar-refractivity contribution in [3.8, 4) is 5.75 Å². The second-order valence-electron chi connectivity index (χ2n) is 2.60. The Hall–Kier alpha value is -1.31. The molecular weight excluding hydrogens is 339 g/mol. The first-order chi connectivity index (χ1) is 7.90. The summed E-state index contributed by atoms with van der Waals surface area (Å²) in [5.74, 6) is -0.730. The van der Waals surface area contributed by atoms with E-state index in [0.717, 1.165) is 19.6 Å². The Bertz CT molecular complexity index is 293. The molecule has 0 unspecified atom stereocenters. The summed E-state index contributed by atoms with van der Waals surface area (Å²) in [6, 6.07) is 9.78. The highest BCUT2D eigenvalue weighted by Crippen LogP contribution is 2.08. The number of benzene rings is 1. The SMILES string of the molecule is CC(=O)O.CC(=O)O.ICOc1ccccc1. The molecule has 5 nitrogen and oxygen atoms in total. The van der Waals surface area contributed by atoms with Crippen molar-refractivity contribution in [1.82, 2.24) is 0 Å². The highest BCUT2D eigenvalue weighted by Gasteiger charge is 1.84. The standard InChI is InChI=1S/C7H7IO.2C2H4O2/c8-6-9-7-4-2-1-3-5-7;2*1-2(3)4/h1-5H,6H2;2*1H3,(H,3,4). The Labute approximate surface area is 114 Å². The first kappa shape index (κ1) is 18.1. The van der Waals surface area contributed by atoms with Crippen molar-refractivity contribution in [2.24, 2.45) is 0 Å². The fourth-order valence-electron chi connectivity index (χ4n) is 0.580. The molecule has 0 radical (unpaired) electrons. The number of carboxylic acid groups (broad SMARTS) is 2. The van der Waals surface area contributed by atoms with Crippen LogP contribution >= 0.6 is 22.6 Å². The molecular formula is C11H15IO5. The number of aliphatic carboxylic acids is 2. The van der Waals surface area contributed by atoms with E-state index in [2.05, 4.69) is 22.6 Å². The van der Waals surface area contributed by atoms with Crippen LogP contribution in [-0.2, 0) is 9.59 Å². The van der Waals surface area contributed by atoms with Crippen molar-refractivity contribution in [2.75, 3.05) is 4.61 Å². The Morgan fingerprint density at radius 1 is 1.12 bits per heavy atom. The molecule has 0 aromatic heterocycles. The van der Waals surface area contributed by atoms with E-state index in [0.29, 0.717) is 4.61 Å². The predicted octanol–water partition coefficient (Wildman–Crippen LogP) is 2.64. The fraction of sp³-hybridized carbons (Fsp3) is 0.273. The summed E-state index contributed by atoms with van der Waals surface area (Å²) < 4.78 is 5.90. The molecule has 1 rings (SSSR count). The number of para-hydroxylation sites is 1. The first-order valence-corrected chi connectivity index (χ1v) is 6.05. The second-order valence-corrected chi connectivity index (χ2v) is 3.23. The molecule has 0 fully saturated rings. The number of hydrogen-bond donors (Lipinski definition) is 2. The minimum Gasteiger partial charge on any atom is -0.483 e. The van der Waals surface area contributed by atoms with Gasteiger partial charge < -0.3 is 14.9 Å². The average Bonchev–Trinajstić information content (AvgIpc) is 2.18. The van der Waals surface area contributed by atoms with E-state index >= 15 is 0 Å². The maximum Gasteiger partial charge on any atom is 0.300 e. The summed E-state index contributed by atoms with van der Waals surface area (Å²) in [6.45, 7) is 2.17. The molecule has 0 saturated carbocycles. The van der Waals surface area contributed by atoms with Gasteiger partial charge in [-0.05, 0) is 34.7 Å². The van der Waals surface area contributed by atoms with E-state index < -0.39 is 11.9 Å². The maximum absolute atomic E-state index is 9.00.